The summed E-state index contributed by atoms with van der Waals surface area (Å²) in [6.45, 7) is 0.787. The number of nitrogens with one attached hydrogen (secondary N) is 1. The first kappa shape index (κ1) is 23.5. The van der Waals surface area contributed by atoms with Crippen molar-refractivity contribution in [2.24, 2.45) is 23.7 Å². The summed E-state index contributed by atoms with van der Waals surface area (Å²) in [5.41, 5.74) is 0.726. The van der Waals surface area contributed by atoms with Crippen LogP contribution < -0.4 is 5.32 Å². The van der Waals surface area contributed by atoms with Gasteiger partial charge in [0.25, 0.3) is 5.91 Å². The molecule has 1 N–H and O–H groups in total. The molecule has 3 amide bonds. The van der Waals surface area contributed by atoms with Crippen LogP contribution in [-0.4, -0.2) is 65.1 Å². The Kier molecular flexibility index (Phi) is 6.63. The van der Waals surface area contributed by atoms with Gasteiger partial charge in [0.1, 0.15) is 6.54 Å². The van der Waals surface area contributed by atoms with Crippen LogP contribution >= 0.6 is 23.2 Å². The fourth-order valence-corrected chi connectivity index (χ4v) is 5.88. The van der Waals surface area contributed by atoms with Gasteiger partial charge in [0.05, 0.1) is 34.8 Å². The van der Waals surface area contributed by atoms with Crippen LogP contribution in [0.4, 0.5) is 5.69 Å². The molecule has 9 nitrogen and oxygen atoms in total. The minimum Gasteiger partial charge on any atom is -0.462 e. The van der Waals surface area contributed by atoms with Crippen molar-refractivity contribution in [3.05, 3.63) is 29.8 Å². The van der Waals surface area contributed by atoms with Crippen LogP contribution in [0.15, 0.2) is 24.3 Å². The van der Waals surface area contributed by atoms with Gasteiger partial charge in [-0.05, 0) is 49.4 Å². The molecule has 1 aromatic rings. The van der Waals surface area contributed by atoms with Crippen molar-refractivity contribution in [2.75, 3.05) is 25.1 Å². The third-order valence-electron chi connectivity index (χ3n) is 6.41. The Balaban J connectivity index is 1.27. The summed E-state index contributed by atoms with van der Waals surface area (Å²) in [5.74, 6) is -4.29. The van der Waals surface area contributed by atoms with Crippen LogP contribution in [0, 0.1) is 23.7 Å². The predicted molar refractivity (Wildman–Crippen MR) is 117 cm³/mol. The van der Waals surface area contributed by atoms with Crippen molar-refractivity contribution in [1.82, 2.24) is 4.90 Å². The lowest BCUT2D eigenvalue weighted by atomic mass is 9.80. The minimum atomic E-state index is -0.873. The third-order valence-corrected chi connectivity index (χ3v) is 7.73. The third kappa shape index (κ3) is 4.31. The number of hydrogen-bond acceptors (Lipinski definition) is 7. The van der Waals surface area contributed by atoms with E-state index >= 15 is 0 Å². The molecule has 176 valence electrons. The van der Waals surface area contributed by atoms with E-state index in [2.05, 4.69) is 5.32 Å². The molecule has 1 aliphatic heterocycles. The van der Waals surface area contributed by atoms with Crippen LogP contribution in [0.3, 0.4) is 0 Å². The van der Waals surface area contributed by atoms with Crippen LogP contribution in [-0.2, 0) is 28.7 Å². The van der Waals surface area contributed by atoms with Gasteiger partial charge < -0.3 is 14.8 Å². The molecule has 0 aromatic heterocycles. The molecule has 1 aromatic carbocycles. The van der Waals surface area contributed by atoms with Crippen LogP contribution in [0.2, 0.25) is 0 Å². The maximum atomic E-state index is 12.8. The molecule has 3 fully saturated rings. The molecule has 0 unspecified atom stereocenters. The average molecular weight is 497 g/mol. The van der Waals surface area contributed by atoms with Crippen molar-refractivity contribution < 1.29 is 33.4 Å². The molecule has 6 atom stereocenters. The highest BCUT2D eigenvalue weighted by Crippen LogP contribution is 2.59. The summed E-state index contributed by atoms with van der Waals surface area (Å²) < 4.78 is 9.82. The largest absolute Gasteiger partial charge is 0.462 e. The number of anilines is 1. The van der Waals surface area contributed by atoms with E-state index in [-0.39, 0.29) is 29.2 Å². The van der Waals surface area contributed by atoms with E-state index in [0.29, 0.717) is 17.7 Å². The average Bonchev–Trinajstić information content (AvgIpc) is 3.39. The van der Waals surface area contributed by atoms with E-state index in [4.69, 9.17) is 32.7 Å². The molecule has 3 aliphatic rings. The SMILES string of the molecule is CCOC(=O)c1ccc(NC(=O)COC(=O)CN2C(=O)[C@@H]3[C@H]4C[C@@H]([C@H](Cl)[C@H]4Cl)[C@H]3C2=O)cc1. The summed E-state index contributed by atoms with van der Waals surface area (Å²) in [5, 5.41) is 1.77. The molecule has 2 aliphatic carbocycles. The van der Waals surface area contributed by atoms with E-state index in [1.807, 2.05) is 0 Å². The smallest absolute Gasteiger partial charge is 0.338 e. The van der Waals surface area contributed by atoms with E-state index < -0.39 is 54.6 Å². The number of alkyl halides is 2. The number of ether oxygens (including phenoxy) is 2. The minimum absolute atomic E-state index is 0.178. The molecular formula is C22H22Cl2N2O7. The van der Waals surface area contributed by atoms with Gasteiger partial charge in [0, 0.05) is 5.69 Å². The summed E-state index contributed by atoms with van der Waals surface area (Å²) in [6, 6.07) is 6.00. The Labute approximate surface area is 199 Å². The fourth-order valence-electron chi connectivity index (χ4n) is 4.99. The first-order chi connectivity index (χ1) is 15.7. The Hall–Kier alpha value is -2.65. The lowest BCUT2D eigenvalue weighted by molar-refractivity contribution is -0.154. The highest BCUT2D eigenvalue weighted by Gasteiger charge is 2.66. The quantitative estimate of drug-likeness (QED) is 0.347. The topological polar surface area (TPSA) is 119 Å². The molecule has 2 bridgehead atoms. The van der Waals surface area contributed by atoms with Crippen LogP contribution in [0.25, 0.3) is 0 Å². The number of fused-ring (bicyclic) bond motifs is 5. The van der Waals surface area contributed by atoms with Crippen LogP contribution in [0.1, 0.15) is 23.7 Å². The number of benzene rings is 1. The Morgan fingerprint density at radius 2 is 1.58 bits per heavy atom. The van der Waals surface area contributed by atoms with Gasteiger partial charge in [-0.1, -0.05) is 0 Å². The first-order valence-electron chi connectivity index (χ1n) is 10.6. The van der Waals surface area contributed by atoms with Crippen molar-refractivity contribution in [3.8, 4) is 0 Å². The van der Waals surface area contributed by atoms with Gasteiger partial charge in [-0.3, -0.25) is 24.1 Å². The van der Waals surface area contributed by atoms with Crippen molar-refractivity contribution in [2.45, 2.75) is 24.1 Å². The summed E-state index contributed by atoms with van der Waals surface area (Å²) in [7, 11) is 0. The number of imide groups is 1. The monoisotopic (exact) mass is 496 g/mol. The highest BCUT2D eigenvalue weighted by atomic mass is 35.5. The molecule has 2 saturated carbocycles. The molecular weight excluding hydrogens is 475 g/mol. The van der Waals surface area contributed by atoms with Gasteiger partial charge in [-0.2, -0.15) is 0 Å². The van der Waals surface area contributed by atoms with E-state index in [0.717, 1.165) is 4.90 Å². The predicted octanol–water partition coefficient (Wildman–Crippen LogP) is 1.81. The fraction of sp³-hybridized carbons (Fsp3) is 0.500. The number of esters is 2. The molecule has 1 saturated heterocycles. The molecule has 0 spiro atoms. The lowest BCUT2D eigenvalue weighted by Crippen LogP contribution is -2.38. The molecule has 1 heterocycles. The molecule has 33 heavy (non-hydrogen) atoms. The summed E-state index contributed by atoms with van der Waals surface area (Å²) in [4.78, 5) is 62.3. The zero-order valence-electron chi connectivity index (χ0n) is 17.7. The summed E-state index contributed by atoms with van der Waals surface area (Å²) >= 11 is 12.6. The van der Waals surface area contributed by atoms with Gasteiger partial charge in [-0.15, -0.1) is 23.2 Å². The molecule has 11 heteroatoms. The standard InChI is InChI=1S/C22H22Cl2N2O7/c1-2-32-22(31)10-3-5-11(6-4-10)25-14(27)9-33-15(28)8-26-20(29)16-12-7-13(17(16)21(26)30)19(24)18(12)23/h3-6,12-13,16-19H,2,7-9H2,1H3,(H,25,27)/t12-,13-,16-,17-,18+,19+/m1/s1. The second kappa shape index (κ2) is 9.30. The molecule has 0 radical (unpaired) electrons. The van der Waals surface area contributed by atoms with Crippen molar-refractivity contribution in [3.63, 3.8) is 0 Å². The molecule has 4 rings (SSSR count). The lowest BCUT2D eigenvalue weighted by Gasteiger charge is -2.28. The second-order valence-corrected chi connectivity index (χ2v) is 9.28. The first-order valence-corrected chi connectivity index (χ1v) is 11.5. The number of carbonyl (C=O) groups excluding carboxylic acids is 5. The maximum absolute atomic E-state index is 12.8. The number of amides is 3. The van der Waals surface area contributed by atoms with Gasteiger partial charge in [-0.25, -0.2) is 4.79 Å². The van der Waals surface area contributed by atoms with E-state index in [9.17, 15) is 24.0 Å². The number of carbonyl (C=O) groups is 5. The van der Waals surface area contributed by atoms with Gasteiger partial charge in [0.2, 0.25) is 11.8 Å². The Morgan fingerprint density at radius 3 is 2.12 bits per heavy atom. The number of rotatable bonds is 7. The second-order valence-electron chi connectivity index (χ2n) is 8.27. The van der Waals surface area contributed by atoms with Gasteiger partial charge in [0.15, 0.2) is 6.61 Å². The van der Waals surface area contributed by atoms with Crippen molar-refractivity contribution >= 4 is 58.5 Å². The number of likely N-dealkylation sites (tertiary alicyclic amines) is 1. The maximum Gasteiger partial charge on any atom is 0.338 e. The van der Waals surface area contributed by atoms with Crippen molar-refractivity contribution in [1.29, 1.82) is 0 Å². The number of hydrogen-bond donors (Lipinski definition) is 1. The zero-order valence-corrected chi connectivity index (χ0v) is 19.2. The number of halogens is 2. The highest BCUT2D eigenvalue weighted by molar-refractivity contribution is 6.31. The normalized spacial score (nSPS) is 29.7. The van der Waals surface area contributed by atoms with E-state index in [1.165, 1.54) is 24.3 Å². The summed E-state index contributed by atoms with van der Waals surface area (Å²) in [6.07, 6.45) is 0.633. The number of nitrogens with zero attached hydrogens (tertiary/aromatic N) is 1. The Bertz CT molecular complexity index is 967. The zero-order chi connectivity index (χ0) is 23.9. The Morgan fingerprint density at radius 1 is 1.00 bits per heavy atom. The van der Waals surface area contributed by atoms with Crippen LogP contribution in [0.5, 0.6) is 0 Å². The van der Waals surface area contributed by atoms with E-state index in [1.54, 1.807) is 6.92 Å². The van der Waals surface area contributed by atoms with Gasteiger partial charge >= 0.3 is 11.9 Å².